The molecule has 2 amide bonds. The number of amides is 2. The summed E-state index contributed by atoms with van der Waals surface area (Å²) in [5, 5.41) is 10.0. The second-order valence-electron chi connectivity index (χ2n) is 4.47. The molecule has 8 nitrogen and oxygen atoms in total. The molecule has 0 spiro atoms. The molecule has 1 aromatic carbocycles. The standard InChI is InChI=1S/C13H12N4O4S2/c14-12-16-17-13(23-12)22-6-10(18)15-11(19)9-5-20-7-3-1-2-4-8(7)21-9/h1-4,9H,5-6H2,(H2,14,16)(H,15,18,19)/t9-/m1/s1. The number of hydrogen-bond donors (Lipinski definition) is 2. The molecule has 120 valence electrons. The average molecular weight is 352 g/mol. The van der Waals surface area contributed by atoms with E-state index in [0.29, 0.717) is 21.0 Å². The van der Waals surface area contributed by atoms with Crippen molar-refractivity contribution in [2.75, 3.05) is 18.1 Å². The van der Waals surface area contributed by atoms with Crippen molar-refractivity contribution in [2.45, 2.75) is 10.4 Å². The summed E-state index contributed by atoms with van der Waals surface area (Å²) in [6.07, 6.45) is -0.865. The quantitative estimate of drug-likeness (QED) is 0.772. The molecule has 0 fully saturated rings. The van der Waals surface area contributed by atoms with Crippen LogP contribution in [0.4, 0.5) is 5.13 Å². The van der Waals surface area contributed by atoms with Crippen molar-refractivity contribution >= 4 is 40.0 Å². The lowest BCUT2D eigenvalue weighted by Gasteiger charge is -2.25. The molecule has 0 unspecified atom stereocenters. The lowest BCUT2D eigenvalue weighted by atomic mass is 10.2. The van der Waals surface area contributed by atoms with Crippen LogP contribution in [0.15, 0.2) is 28.6 Å². The number of aromatic nitrogens is 2. The number of nitrogens with one attached hydrogen (secondary N) is 1. The number of imide groups is 1. The fraction of sp³-hybridized carbons (Fsp3) is 0.231. The number of nitrogen functional groups attached to an aromatic ring is 1. The Bertz CT molecular complexity index is 736. The SMILES string of the molecule is Nc1nnc(SCC(=O)NC(=O)[C@H]2COc3ccccc3O2)s1. The summed E-state index contributed by atoms with van der Waals surface area (Å²) in [5.41, 5.74) is 5.45. The minimum atomic E-state index is -0.865. The smallest absolute Gasteiger partial charge is 0.271 e. The van der Waals surface area contributed by atoms with Gasteiger partial charge in [-0.25, -0.2) is 0 Å². The van der Waals surface area contributed by atoms with Gasteiger partial charge in [0.25, 0.3) is 5.91 Å². The number of fused-ring (bicyclic) bond motifs is 1. The number of nitrogens with zero attached hydrogens (tertiary/aromatic N) is 2. The van der Waals surface area contributed by atoms with Gasteiger partial charge in [0.1, 0.15) is 6.61 Å². The van der Waals surface area contributed by atoms with E-state index in [1.54, 1.807) is 18.2 Å². The second kappa shape index (κ2) is 6.84. The topological polar surface area (TPSA) is 116 Å². The van der Waals surface area contributed by atoms with Gasteiger partial charge in [0.05, 0.1) is 5.75 Å². The third-order valence-electron chi connectivity index (χ3n) is 2.81. The van der Waals surface area contributed by atoms with Gasteiger partial charge in [0, 0.05) is 0 Å². The fourth-order valence-electron chi connectivity index (χ4n) is 1.81. The Balaban J connectivity index is 1.50. The molecule has 10 heteroatoms. The number of benzene rings is 1. The summed E-state index contributed by atoms with van der Waals surface area (Å²) >= 11 is 2.33. The Kier molecular flexibility index (Phi) is 4.63. The highest BCUT2D eigenvalue weighted by atomic mass is 32.2. The van der Waals surface area contributed by atoms with Gasteiger partial charge in [-0.05, 0) is 12.1 Å². The highest BCUT2D eigenvalue weighted by Gasteiger charge is 2.28. The largest absolute Gasteiger partial charge is 0.485 e. The summed E-state index contributed by atoms with van der Waals surface area (Å²) in [6.45, 7) is 0.0518. The van der Waals surface area contributed by atoms with Crippen molar-refractivity contribution in [2.24, 2.45) is 0 Å². The summed E-state index contributed by atoms with van der Waals surface area (Å²) in [7, 11) is 0. The van der Waals surface area contributed by atoms with E-state index in [9.17, 15) is 9.59 Å². The zero-order valence-corrected chi connectivity index (χ0v) is 13.4. The Morgan fingerprint density at radius 3 is 2.87 bits per heavy atom. The van der Waals surface area contributed by atoms with Crippen molar-refractivity contribution in [1.29, 1.82) is 0 Å². The predicted molar refractivity (Wildman–Crippen MR) is 84.5 cm³/mol. The molecule has 2 aromatic rings. The minimum Gasteiger partial charge on any atom is -0.485 e. The fourth-order valence-corrected chi connectivity index (χ4v) is 3.24. The Hall–Kier alpha value is -2.33. The molecule has 1 atom stereocenters. The molecule has 1 aromatic heterocycles. The number of anilines is 1. The Morgan fingerprint density at radius 2 is 2.13 bits per heavy atom. The van der Waals surface area contributed by atoms with Crippen LogP contribution >= 0.6 is 23.1 Å². The number of carbonyl (C=O) groups excluding carboxylic acids is 2. The van der Waals surface area contributed by atoms with Crippen molar-refractivity contribution in [3.05, 3.63) is 24.3 Å². The summed E-state index contributed by atoms with van der Waals surface area (Å²) in [5.74, 6) is 0.0975. The van der Waals surface area contributed by atoms with Crippen molar-refractivity contribution < 1.29 is 19.1 Å². The molecule has 0 aliphatic carbocycles. The van der Waals surface area contributed by atoms with E-state index in [1.165, 1.54) is 11.3 Å². The van der Waals surface area contributed by atoms with Crippen LogP contribution in [0, 0.1) is 0 Å². The zero-order chi connectivity index (χ0) is 16.2. The molecule has 1 aliphatic heterocycles. The van der Waals surface area contributed by atoms with Crippen molar-refractivity contribution in [3.63, 3.8) is 0 Å². The number of ether oxygens (including phenoxy) is 2. The highest BCUT2D eigenvalue weighted by Crippen LogP contribution is 2.30. The van der Waals surface area contributed by atoms with E-state index >= 15 is 0 Å². The summed E-state index contributed by atoms with van der Waals surface area (Å²) in [4.78, 5) is 23.8. The Labute approximate surface area is 139 Å². The van der Waals surface area contributed by atoms with Crippen LogP contribution in [0.5, 0.6) is 11.5 Å². The second-order valence-corrected chi connectivity index (χ2v) is 6.70. The van der Waals surface area contributed by atoms with Gasteiger partial charge in [-0.3, -0.25) is 14.9 Å². The Morgan fingerprint density at radius 1 is 1.35 bits per heavy atom. The first kappa shape index (κ1) is 15.6. The van der Waals surface area contributed by atoms with Gasteiger partial charge >= 0.3 is 0 Å². The number of hydrogen-bond acceptors (Lipinski definition) is 9. The highest BCUT2D eigenvalue weighted by molar-refractivity contribution is 8.01. The lowest BCUT2D eigenvalue weighted by Crippen LogP contribution is -2.46. The van der Waals surface area contributed by atoms with Gasteiger partial charge in [0.2, 0.25) is 17.1 Å². The minimum absolute atomic E-state index is 0.0323. The van der Waals surface area contributed by atoms with Crippen LogP contribution in [0.1, 0.15) is 0 Å². The normalized spacial score (nSPS) is 15.9. The zero-order valence-electron chi connectivity index (χ0n) is 11.7. The molecule has 1 aliphatic rings. The van der Waals surface area contributed by atoms with E-state index in [-0.39, 0.29) is 12.4 Å². The number of para-hydroxylation sites is 2. The third kappa shape index (κ3) is 3.90. The molecule has 3 N–H and O–H groups in total. The first-order valence-electron chi connectivity index (χ1n) is 6.56. The van der Waals surface area contributed by atoms with Gasteiger partial charge < -0.3 is 15.2 Å². The third-order valence-corrected chi connectivity index (χ3v) is 4.70. The molecule has 0 saturated heterocycles. The van der Waals surface area contributed by atoms with Gasteiger partial charge in [-0.15, -0.1) is 10.2 Å². The maximum absolute atomic E-state index is 12.0. The van der Waals surface area contributed by atoms with Crippen molar-refractivity contribution in [1.82, 2.24) is 15.5 Å². The summed E-state index contributed by atoms with van der Waals surface area (Å²) in [6, 6.07) is 7.03. The first-order valence-corrected chi connectivity index (χ1v) is 8.36. The maximum Gasteiger partial charge on any atom is 0.271 e. The number of thioether (sulfide) groups is 1. The van der Waals surface area contributed by atoms with E-state index in [1.807, 2.05) is 6.07 Å². The monoisotopic (exact) mass is 352 g/mol. The van der Waals surface area contributed by atoms with E-state index in [2.05, 4.69) is 15.5 Å². The first-order chi connectivity index (χ1) is 11.1. The molecular weight excluding hydrogens is 340 g/mol. The van der Waals surface area contributed by atoms with E-state index in [4.69, 9.17) is 15.2 Å². The van der Waals surface area contributed by atoms with Crippen LogP contribution in [0.3, 0.4) is 0 Å². The molecule has 0 saturated carbocycles. The van der Waals surface area contributed by atoms with Crippen molar-refractivity contribution in [3.8, 4) is 11.5 Å². The average Bonchev–Trinajstić information content (AvgIpc) is 2.98. The van der Waals surface area contributed by atoms with Crippen LogP contribution in [-0.2, 0) is 9.59 Å². The molecular formula is C13H12N4O4S2. The van der Waals surface area contributed by atoms with E-state index in [0.717, 1.165) is 11.8 Å². The maximum atomic E-state index is 12.0. The molecule has 2 heterocycles. The molecule has 23 heavy (non-hydrogen) atoms. The molecule has 3 rings (SSSR count). The van der Waals surface area contributed by atoms with E-state index < -0.39 is 17.9 Å². The number of carbonyl (C=O) groups is 2. The molecule has 0 bridgehead atoms. The number of nitrogens with two attached hydrogens (primary N) is 1. The summed E-state index contributed by atoms with van der Waals surface area (Å²) < 4.78 is 11.5. The van der Waals surface area contributed by atoms with Crippen LogP contribution in [0.25, 0.3) is 0 Å². The molecule has 0 radical (unpaired) electrons. The van der Waals surface area contributed by atoms with Crippen LogP contribution in [-0.4, -0.2) is 40.5 Å². The lowest BCUT2D eigenvalue weighted by molar-refractivity contribution is -0.135. The number of rotatable bonds is 4. The van der Waals surface area contributed by atoms with Gasteiger partial charge in [-0.2, -0.15) is 0 Å². The van der Waals surface area contributed by atoms with Gasteiger partial charge in [-0.1, -0.05) is 35.2 Å². The van der Waals surface area contributed by atoms with Crippen LogP contribution in [0.2, 0.25) is 0 Å². The van der Waals surface area contributed by atoms with Gasteiger partial charge in [0.15, 0.2) is 15.8 Å². The van der Waals surface area contributed by atoms with Crippen LogP contribution < -0.4 is 20.5 Å². The predicted octanol–water partition coefficient (Wildman–Crippen LogP) is 0.695.